The SMILES string of the molecule is C.CCN(Cc1ccc(OC)cc1)c1ccccc1. The summed E-state index contributed by atoms with van der Waals surface area (Å²) in [5, 5.41) is 0. The van der Waals surface area contributed by atoms with Crippen LogP contribution in [-0.2, 0) is 6.54 Å². The van der Waals surface area contributed by atoms with Gasteiger partial charge in [-0.3, -0.25) is 0 Å². The van der Waals surface area contributed by atoms with Crippen LogP contribution in [0.25, 0.3) is 0 Å². The van der Waals surface area contributed by atoms with Gasteiger partial charge < -0.3 is 9.64 Å². The van der Waals surface area contributed by atoms with Crippen LogP contribution in [0.1, 0.15) is 19.9 Å². The van der Waals surface area contributed by atoms with E-state index in [9.17, 15) is 0 Å². The van der Waals surface area contributed by atoms with Crippen molar-refractivity contribution in [3.05, 3.63) is 60.2 Å². The standard InChI is InChI=1S/C16H19NO.CH4/c1-3-17(15-7-5-4-6-8-15)13-14-9-11-16(18-2)12-10-14;/h4-12H,3,13H2,1-2H3;1H4. The Kier molecular flexibility index (Phi) is 5.94. The van der Waals surface area contributed by atoms with Gasteiger partial charge in [0.05, 0.1) is 7.11 Å². The van der Waals surface area contributed by atoms with Gasteiger partial charge in [-0.05, 0) is 36.8 Å². The molecule has 0 aromatic heterocycles. The van der Waals surface area contributed by atoms with Gasteiger partial charge in [-0.15, -0.1) is 0 Å². The monoisotopic (exact) mass is 257 g/mol. The molecule has 0 N–H and O–H groups in total. The Labute approximate surface area is 116 Å². The molecule has 2 aromatic rings. The Bertz CT molecular complexity index is 464. The van der Waals surface area contributed by atoms with Crippen molar-refractivity contribution < 1.29 is 4.74 Å². The predicted molar refractivity (Wildman–Crippen MR) is 82.9 cm³/mol. The first-order valence-corrected chi connectivity index (χ1v) is 6.26. The first kappa shape index (κ1) is 15.1. The summed E-state index contributed by atoms with van der Waals surface area (Å²) >= 11 is 0. The highest BCUT2D eigenvalue weighted by molar-refractivity contribution is 5.46. The molecule has 0 heterocycles. The molecule has 0 unspecified atom stereocenters. The van der Waals surface area contributed by atoms with Gasteiger partial charge in [-0.2, -0.15) is 0 Å². The van der Waals surface area contributed by atoms with E-state index in [1.807, 2.05) is 18.2 Å². The van der Waals surface area contributed by atoms with Crippen LogP contribution in [0, 0.1) is 0 Å². The van der Waals surface area contributed by atoms with E-state index >= 15 is 0 Å². The van der Waals surface area contributed by atoms with Crippen molar-refractivity contribution in [3.8, 4) is 5.75 Å². The lowest BCUT2D eigenvalue weighted by atomic mass is 10.2. The normalized spacial score (nSPS) is 9.58. The zero-order chi connectivity index (χ0) is 12.8. The number of methoxy groups -OCH3 is 1. The van der Waals surface area contributed by atoms with Gasteiger partial charge in [-0.25, -0.2) is 0 Å². The van der Waals surface area contributed by atoms with Gasteiger partial charge in [-0.1, -0.05) is 37.8 Å². The van der Waals surface area contributed by atoms with E-state index in [2.05, 4.69) is 48.2 Å². The molecular weight excluding hydrogens is 234 g/mol. The van der Waals surface area contributed by atoms with E-state index in [0.29, 0.717) is 0 Å². The Hall–Kier alpha value is -1.96. The fourth-order valence-electron chi connectivity index (χ4n) is 1.98. The topological polar surface area (TPSA) is 12.5 Å². The van der Waals surface area contributed by atoms with Crippen molar-refractivity contribution in [1.29, 1.82) is 0 Å². The maximum absolute atomic E-state index is 5.17. The number of hydrogen-bond donors (Lipinski definition) is 0. The molecule has 0 atom stereocenters. The molecule has 2 aromatic carbocycles. The minimum Gasteiger partial charge on any atom is -0.497 e. The van der Waals surface area contributed by atoms with E-state index in [0.717, 1.165) is 18.8 Å². The van der Waals surface area contributed by atoms with E-state index < -0.39 is 0 Å². The van der Waals surface area contributed by atoms with Crippen LogP contribution < -0.4 is 9.64 Å². The second-order valence-corrected chi connectivity index (χ2v) is 4.20. The minimum absolute atomic E-state index is 0. The predicted octanol–water partition coefficient (Wildman–Crippen LogP) is 4.36. The third kappa shape index (κ3) is 4.02. The fraction of sp³-hybridized carbons (Fsp3) is 0.294. The summed E-state index contributed by atoms with van der Waals surface area (Å²) in [6.45, 7) is 4.09. The van der Waals surface area contributed by atoms with Gasteiger partial charge in [0, 0.05) is 18.8 Å². The lowest BCUT2D eigenvalue weighted by Gasteiger charge is -2.23. The van der Waals surface area contributed by atoms with Crippen LogP contribution in [0.3, 0.4) is 0 Å². The van der Waals surface area contributed by atoms with Crippen molar-refractivity contribution >= 4 is 5.69 Å². The maximum atomic E-state index is 5.17. The molecule has 0 amide bonds. The summed E-state index contributed by atoms with van der Waals surface area (Å²) in [6.07, 6.45) is 0. The van der Waals surface area contributed by atoms with Gasteiger partial charge in [0.2, 0.25) is 0 Å². The van der Waals surface area contributed by atoms with Crippen molar-refractivity contribution in [1.82, 2.24) is 0 Å². The Morgan fingerprint density at radius 2 is 1.58 bits per heavy atom. The summed E-state index contributed by atoms with van der Waals surface area (Å²) in [7, 11) is 1.69. The Morgan fingerprint density at radius 1 is 0.947 bits per heavy atom. The summed E-state index contributed by atoms with van der Waals surface area (Å²) in [5.41, 5.74) is 2.55. The first-order chi connectivity index (χ1) is 8.83. The van der Waals surface area contributed by atoms with Gasteiger partial charge in [0.15, 0.2) is 0 Å². The minimum atomic E-state index is 0. The number of anilines is 1. The molecule has 0 saturated carbocycles. The number of nitrogens with zero attached hydrogens (tertiary/aromatic N) is 1. The molecule has 19 heavy (non-hydrogen) atoms. The zero-order valence-corrected chi connectivity index (χ0v) is 11.0. The molecule has 0 radical (unpaired) electrons. The van der Waals surface area contributed by atoms with Crippen LogP contribution in [0.15, 0.2) is 54.6 Å². The van der Waals surface area contributed by atoms with Crippen LogP contribution in [0.2, 0.25) is 0 Å². The lowest BCUT2D eigenvalue weighted by Crippen LogP contribution is -2.21. The molecule has 0 saturated heterocycles. The smallest absolute Gasteiger partial charge is 0.118 e. The van der Waals surface area contributed by atoms with E-state index in [1.165, 1.54) is 11.3 Å². The molecule has 0 fully saturated rings. The second-order valence-electron chi connectivity index (χ2n) is 4.20. The highest BCUT2D eigenvalue weighted by Gasteiger charge is 2.04. The van der Waals surface area contributed by atoms with Gasteiger partial charge in [0.1, 0.15) is 5.75 Å². The summed E-state index contributed by atoms with van der Waals surface area (Å²) in [5.74, 6) is 0.904. The molecule has 0 aliphatic heterocycles. The second kappa shape index (κ2) is 7.47. The Balaban J connectivity index is 0.00000180. The number of para-hydroxylation sites is 1. The summed E-state index contributed by atoms with van der Waals surface area (Å²) < 4.78 is 5.17. The average molecular weight is 257 g/mol. The largest absolute Gasteiger partial charge is 0.497 e. The third-order valence-corrected chi connectivity index (χ3v) is 3.04. The van der Waals surface area contributed by atoms with E-state index in [4.69, 9.17) is 4.74 Å². The maximum Gasteiger partial charge on any atom is 0.118 e. The van der Waals surface area contributed by atoms with Crippen LogP contribution in [0.5, 0.6) is 5.75 Å². The van der Waals surface area contributed by atoms with Gasteiger partial charge in [0.25, 0.3) is 0 Å². The van der Waals surface area contributed by atoms with Crippen molar-refractivity contribution in [2.45, 2.75) is 20.9 Å². The Morgan fingerprint density at radius 3 is 2.11 bits per heavy atom. The number of benzene rings is 2. The number of ether oxygens (including phenoxy) is 1. The quantitative estimate of drug-likeness (QED) is 0.789. The third-order valence-electron chi connectivity index (χ3n) is 3.04. The molecule has 0 aliphatic rings. The average Bonchev–Trinajstić information content (AvgIpc) is 2.46. The van der Waals surface area contributed by atoms with Crippen LogP contribution in [0.4, 0.5) is 5.69 Å². The van der Waals surface area contributed by atoms with Crippen molar-refractivity contribution in [2.24, 2.45) is 0 Å². The zero-order valence-electron chi connectivity index (χ0n) is 11.0. The van der Waals surface area contributed by atoms with Crippen molar-refractivity contribution in [3.63, 3.8) is 0 Å². The highest BCUT2D eigenvalue weighted by Crippen LogP contribution is 2.18. The molecule has 102 valence electrons. The van der Waals surface area contributed by atoms with Gasteiger partial charge >= 0.3 is 0 Å². The van der Waals surface area contributed by atoms with Crippen LogP contribution in [-0.4, -0.2) is 13.7 Å². The van der Waals surface area contributed by atoms with Crippen molar-refractivity contribution in [2.75, 3.05) is 18.6 Å². The fourth-order valence-corrected chi connectivity index (χ4v) is 1.98. The summed E-state index contributed by atoms with van der Waals surface area (Å²) in [4.78, 5) is 2.35. The molecule has 0 spiro atoms. The molecule has 2 nitrogen and oxygen atoms in total. The molecule has 2 rings (SSSR count). The molecular formula is C17H23NO. The molecule has 0 bridgehead atoms. The number of rotatable bonds is 5. The lowest BCUT2D eigenvalue weighted by molar-refractivity contribution is 0.414. The van der Waals surface area contributed by atoms with E-state index in [-0.39, 0.29) is 7.43 Å². The molecule has 2 heteroatoms. The molecule has 0 aliphatic carbocycles. The van der Waals surface area contributed by atoms with E-state index in [1.54, 1.807) is 7.11 Å². The number of hydrogen-bond acceptors (Lipinski definition) is 2. The van der Waals surface area contributed by atoms with Crippen LogP contribution >= 0.6 is 0 Å². The first-order valence-electron chi connectivity index (χ1n) is 6.26. The highest BCUT2D eigenvalue weighted by atomic mass is 16.5. The summed E-state index contributed by atoms with van der Waals surface area (Å²) in [6, 6.07) is 18.7.